The van der Waals surface area contributed by atoms with E-state index < -0.39 is 0 Å². The Hall–Kier alpha value is -1.92. The van der Waals surface area contributed by atoms with Crippen molar-refractivity contribution >= 4 is 12.6 Å². The van der Waals surface area contributed by atoms with E-state index in [2.05, 4.69) is 51.5 Å². The molecule has 1 saturated heterocycles. The quantitative estimate of drug-likeness (QED) is 0.770. The first-order valence-electron chi connectivity index (χ1n) is 9.07. The van der Waals surface area contributed by atoms with Crippen molar-refractivity contribution in [3.63, 3.8) is 0 Å². The summed E-state index contributed by atoms with van der Waals surface area (Å²) in [5.41, 5.74) is 1.26. The van der Waals surface area contributed by atoms with E-state index in [9.17, 15) is 0 Å². The van der Waals surface area contributed by atoms with Crippen molar-refractivity contribution in [1.82, 2.24) is 9.97 Å². The fourth-order valence-electron chi connectivity index (χ4n) is 2.60. The highest BCUT2D eigenvalue weighted by molar-refractivity contribution is 6.62. The SMILES string of the molecule is CC(C)c1ncc(COc2ccc(B3OC(C)(C)C(C)(C)O3)cc2)cn1. The molecule has 0 spiro atoms. The zero-order chi connectivity index (χ0) is 18.9. The van der Waals surface area contributed by atoms with Gasteiger partial charge >= 0.3 is 7.12 Å². The molecule has 0 aliphatic carbocycles. The van der Waals surface area contributed by atoms with Crippen LogP contribution >= 0.6 is 0 Å². The summed E-state index contributed by atoms with van der Waals surface area (Å²) in [5.74, 6) is 1.96. The second-order valence-corrected chi connectivity index (χ2v) is 8.05. The Morgan fingerprint density at radius 2 is 1.50 bits per heavy atom. The number of hydrogen-bond donors (Lipinski definition) is 0. The van der Waals surface area contributed by atoms with E-state index in [1.165, 1.54) is 0 Å². The predicted octanol–water partition coefficient (Wildman–Crippen LogP) is 3.48. The number of ether oxygens (including phenoxy) is 1. The van der Waals surface area contributed by atoms with Gasteiger partial charge < -0.3 is 14.0 Å². The lowest BCUT2D eigenvalue weighted by molar-refractivity contribution is 0.00578. The minimum absolute atomic E-state index is 0.326. The molecule has 0 atom stereocenters. The average Bonchev–Trinajstić information content (AvgIpc) is 2.81. The third kappa shape index (κ3) is 3.91. The summed E-state index contributed by atoms with van der Waals surface area (Å²) < 4.78 is 18.0. The lowest BCUT2D eigenvalue weighted by Crippen LogP contribution is -2.41. The van der Waals surface area contributed by atoms with Crippen LogP contribution in [0.4, 0.5) is 0 Å². The third-order valence-electron chi connectivity index (χ3n) is 5.05. The minimum atomic E-state index is -0.356. The molecule has 0 radical (unpaired) electrons. The lowest BCUT2D eigenvalue weighted by atomic mass is 9.79. The van der Waals surface area contributed by atoms with Gasteiger partial charge in [0.15, 0.2) is 0 Å². The van der Waals surface area contributed by atoms with Crippen LogP contribution in [0.1, 0.15) is 58.8 Å². The van der Waals surface area contributed by atoms with Gasteiger partial charge in [0.2, 0.25) is 0 Å². The Kier molecular flexibility index (Phi) is 5.08. The maximum absolute atomic E-state index is 6.07. The first kappa shape index (κ1) is 18.9. The molecule has 1 aromatic heterocycles. The lowest BCUT2D eigenvalue weighted by Gasteiger charge is -2.32. The molecule has 1 aromatic carbocycles. The highest BCUT2D eigenvalue weighted by Gasteiger charge is 2.51. The first-order valence-corrected chi connectivity index (χ1v) is 9.07. The number of hydrogen-bond acceptors (Lipinski definition) is 5. The van der Waals surface area contributed by atoms with E-state index in [0.717, 1.165) is 22.6 Å². The number of aromatic nitrogens is 2. The van der Waals surface area contributed by atoms with E-state index >= 15 is 0 Å². The first-order chi connectivity index (χ1) is 12.2. The number of benzene rings is 1. The van der Waals surface area contributed by atoms with Crippen LogP contribution in [0.25, 0.3) is 0 Å². The molecule has 3 rings (SSSR count). The molecule has 0 unspecified atom stereocenters. The van der Waals surface area contributed by atoms with Gasteiger partial charge in [0.25, 0.3) is 0 Å². The topological polar surface area (TPSA) is 53.5 Å². The average molecular weight is 354 g/mol. The van der Waals surface area contributed by atoms with E-state index in [1.54, 1.807) is 0 Å². The van der Waals surface area contributed by atoms with E-state index in [0.29, 0.717) is 12.5 Å². The van der Waals surface area contributed by atoms with Crippen molar-refractivity contribution in [2.24, 2.45) is 0 Å². The van der Waals surface area contributed by atoms with Crippen molar-refractivity contribution in [3.8, 4) is 5.75 Å². The van der Waals surface area contributed by atoms with Gasteiger partial charge in [0, 0.05) is 23.9 Å². The monoisotopic (exact) mass is 354 g/mol. The number of rotatable bonds is 5. The Morgan fingerprint density at radius 3 is 2.00 bits per heavy atom. The second-order valence-electron chi connectivity index (χ2n) is 8.05. The molecular formula is C20H27BN2O3. The summed E-state index contributed by atoms with van der Waals surface area (Å²) in [4.78, 5) is 8.72. The van der Waals surface area contributed by atoms with Crippen LogP contribution in [0, 0.1) is 0 Å². The van der Waals surface area contributed by atoms with Gasteiger partial charge in [0.05, 0.1) is 11.2 Å². The molecule has 6 heteroatoms. The molecule has 2 aromatic rings. The fourth-order valence-corrected chi connectivity index (χ4v) is 2.60. The normalized spacial score (nSPS) is 18.3. The van der Waals surface area contributed by atoms with Crippen molar-refractivity contribution in [2.75, 3.05) is 0 Å². The summed E-state index contributed by atoms with van der Waals surface area (Å²) in [6.07, 6.45) is 3.64. The van der Waals surface area contributed by atoms with Gasteiger partial charge in [-0.3, -0.25) is 0 Å². The molecule has 0 N–H and O–H groups in total. The number of nitrogens with zero attached hydrogens (tertiary/aromatic N) is 2. The van der Waals surface area contributed by atoms with Crippen LogP contribution in [0.2, 0.25) is 0 Å². The Bertz CT molecular complexity index is 727. The maximum atomic E-state index is 6.07. The van der Waals surface area contributed by atoms with Gasteiger partial charge in [-0.1, -0.05) is 26.0 Å². The molecular weight excluding hydrogens is 327 g/mol. The Morgan fingerprint density at radius 1 is 0.962 bits per heavy atom. The maximum Gasteiger partial charge on any atom is 0.494 e. The summed E-state index contributed by atoms with van der Waals surface area (Å²) in [6, 6.07) is 7.83. The van der Waals surface area contributed by atoms with Crippen molar-refractivity contribution in [2.45, 2.75) is 65.3 Å². The summed E-state index contributed by atoms with van der Waals surface area (Å²) >= 11 is 0. The zero-order valence-electron chi connectivity index (χ0n) is 16.4. The van der Waals surface area contributed by atoms with E-state index in [1.807, 2.05) is 36.7 Å². The van der Waals surface area contributed by atoms with Gasteiger partial charge in [-0.15, -0.1) is 0 Å². The van der Waals surface area contributed by atoms with Gasteiger partial charge in [-0.25, -0.2) is 9.97 Å². The summed E-state index contributed by atoms with van der Waals surface area (Å²) in [7, 11) is -0.356. The van der Waals surface area contributed by atoms with Crippen molar-refractivity contribution in [3.05, 3.63) is 48.0 Å². The van der Waals surface area contributed by atoms with Crippen LogP contribution in [-0.2, 0) is 15.9 Å². The summed E-state index contributed by atoms with van der Waals surface area (Å²) in [6.45, 7) is 12.8. The van der Waals surface area contributed by atoms with Crippen molar-refractivity contribution < 1.29 is 14.0 Å². The largest absolute Gasteiger partial charge is 0.494 e. The molecule has 0 saturated carbocycles. The standard InChI is InChI=1S/C20H27BN2O3/c1-14(2)18-22-11-15(12-23-18)13-24-17-9-7-16(8-10-17)21-25-19(3,4)20(5,6)26-21/h7-12,14H,13H2,1-6H3. The van der Waals surface area contributed by atoms with E-state index in [4.69, 9.17) is 14.0 Å². The van der Waals surface area contributed by atoms with Gasteiger partial charge in [-0.05, 0) is 45.3 Å². The smallest absolute Gasteiger partial charge is 0.489 e. The van der Waals surface area contributed by atoms with E-state index in [-0.39, 0.29) is 18.3 Å². The second kappa shape index (κ2) is 7.01. The van der Waals surface area contributed by atoms with Crippen LogP contribution in [0.5, 0.6) is 5.75 Å². The fraction of sp³-hybridized carbons (Fsp3) is 0.500. The summed E-state index contributed by atoms with van der Waals surface area (Å²) in [5, 5.41) is 0. The van der Waals surface area contributed by atoms with Crippen LogP contribution < -0.4 is 10.2 Å². The molecule has 2 heterocycles. The molecule has 1 aliphatic heterocycles. The highest BCUT2D eigenvalue weighted by atomic mass is 16.7. The van der Waals surface area contributed by atoms with Crippen LogP contribution in [0.15, 0.2) is 36.7 Å². The van der Waals surface area contributed by atoms with Gasteiger partial charge in [-0.2, -0.15) is 0 Å². The molecule has 5 nitrogen and oxygen atoms in total. The van der Waals surface area contributed by atoms with Crippen molar-refractivity contribution in [1.29, 1.82) is 0 Å². The van der Waals surface area contributed by atoms with Crippen LogP contribution in [0.3, 0.4) is 0 Å². The zero-order valence-corrected chi connectivity index (χ0v) is 16.4. The third-order valence-corrected chi connectivity index (χ3v) is 5.05. The van der Waals surface area contributed by atoms with Crippen LogP contribution in [-0.4, -0.2) is 28.3 Å². The molecule has 0 bridgehead atoms. The molecule has 138 valence electrons. The molecule has 26 heavy (non-hydrogen) atoms. The molecule has 1 fully saturated rings. The molecule has 1 aliphatic rings. The van der Waals surface area contributed by atoms with Gasteiger partial charge in [0.1, 0.15) is 18.2 Å². The predicted molar refractivity (Wildman–Crippen MR) is 103 cm³/mol. The minimum Gasteiger partial charge on any atom is -0.489 e. The Labute approximate surface area is 156 Å². The highest BCUT2D eigenvalue weighted by Crippen LogP contribution is 2.36. The Balaban J connectivity index is 1.60. The molecule has 0 amide bonds.